The molecule has 0 aliphatic heterocycles. The maximum Gasteiger partial charge on any atom is 0.273 e. The van der Waals surface area contributed by atoms with Crippen LogP contribution in [0.3, 0.4) is 0 Å². The van der Waals surface area contributed by atoms with Gasteiger partial charge in [0.15, 0.2) is 0 Å². The molecule has 0 aliphatic carbocycles. The van der Waals surface area contributed by atoms with Gasteiger partial charge in [0.25, 0.3) is 5.91 Å². The average molecular weight is 294 g/mol. The van der Waals surface area contributed by atoms with Crippen LogP contribution in [0.25, 0.3) is 0 Å². The Morgan fingerprint density at radius 1 is 1.53 bits per heavy atom. The zero-order valence-corrected chi connectivity index (χ0v) is 11.2. The lowest BCUT2D eigenvalue weighted by Gasteiger charge is -2.07. The van der Waals surface area contributed by atoms with Gasteiger partial charge in [-0.3, -0.25) is 4.79 Å². The van der Waals surface area contributed by atoms with Gasteiger partial charge in [0, 0.05) is 19.4 Å². The van der Waals surface area contributed by atoms with Crippen LogP contribution in [0, 0.1) is 6.92 Å². The fraction of sp³-hybridized carbons (Fsp3) is 0.167. The molecule has 1 N–H and O–H groups in total. The summed E-state index contributed by atoms with van der Waals surface area (Å²) < 4.78 is 2.54. The Labute approximate surface area is 108 Å². The molecule has 0 aliphatic rings. The number of halogens is 1. The first kappa shape index (κ1) is 11.9. The monoisotopic (exact) mass is 293 g/mol. The summed E-state index contributed by atoms with van der Waals surface area (Å²) in [7, 11) is 1.83. The van der Waals surface area contributed by atoms with E-state index in [0.717, 1.165) is 10.0 Å². The van der Waals surface area contributed by atoms with Gasteiger partial charge in [-0.15, -0.1) is 0 Å². The molecule has 0 bridgehead atoms. The van der Waals surface area contributed by atoms with Crippen molar-refractivity contribution < 1.29 is 4.79 Å². The normalized spacial score (nSPS) is 10.3. The topological polar surface area (TPSA) is 46.9 Å². The van der Waals surface area contributed by atoms with Gasteiger partial charge >= 0.3 is 0 Å². The quantitative estimate of drug-likeness (QED) is 0.925. The summed E-state index contributed by atoms with van der Waals surface area (Å²) in [6.45, 7) is 1.94. The number of carbonyl (C=O) groups excluding carboxylic acids is 1. The third-order valence-electron chi connectivity index (χ3n) is 2.39. The van der Waals surface area contributed by atoms with Gasteiger partial charge < -0.3 is 9.88 Å². The fourth-order valence-corrected chi connectivity index (χ4v) is 2.06. The second kappa shape index (κ2) is 4.71. The minimum absolute atomic E-state index is 0.172. The molecule has 0 saturated heterocycles. The van der Waals surface area contributed by atoms with Crippen molar-refractivity contribution in [3.8, 4) is 0 Å². The van der Waals surface area contributed by atoms with Gasteiger partial charge in [-0.05, 0) is 46.6 Å². The molecule has 4 nitrogen and oxygen atoms in total. The Morgan fingerprint density at radius 3 is 2.88 bits per heavy atom. The molecule has 0 saturated carbocycles. The number of carbonyl (C=O) groups is 1. The van der Waals surface area contributed by atoms with Gasteiger partial charge in [-0.2, -0.15) is 0 Å². The third-order valence-corrected chi connectivity index (χ3v) is 2.99. The van der Waals surface area contributed by atoms with Crippen LogP contribution in [0.1, 0.15) is 16.1 Å². The Bertz CT molecular complexity index is 563. The van der Waals surface area contributed by atoms with Crippen LogP contribution in [0.4, 0.5) is 5.82 Å². The van der Waals surface area contributed by atoms with Gasteiger partial charge in [0.05, 0.1) is 4.47 Å². The number of amides is 1. The van der Waals surface area contributed by atoms with Crippen molar-refractivity contribution in [1.82, 2.24) is 9.55 Å². The maximum atomic E-state index is 11.9. The van der Waals surface area contributed by atoms with Crippen molar-refractivity contribution in [2.45, 2.75) is 6.92 Å². The molecule has 5 heteroatoms. The van der Waals surface area contributed by atoms with E-state index in [-0.39, 0.29) is 5.91 Å². The molecule has 2 heterocycles. The Hall–Kier alpha value is -1.62. The van der Waals surface area contributed by atoms with Crippen LogP contribution >= 0.6 is 15.9 Å². The summed E-state index contributed by atoms with van der Waals surface area (Å²) in [6, 6.07) is 5.50. The van der Waals surface area contributed by atoms with E-state index in [1.807, 2.05) is 32.3 Å². The molecule has 2 rings (SSSR count). The molecule has 88 valence electrons. The highest BCUT2D eigenvalue weighted by Crippen LogP contribution is 2.21. The van der Waals surface area contributed by atoms with E-state index < -0.39 is 0 Å². The highest BCUT2D eigenvalue weighted by Gasteiger charge is 2.11. The summed E-state index contributed by atoms with van der Waals surface area (Å²) >= 11 is 3.37. The Kier molecular flexibility index (Phi) is 3.28. The summed E-state index contributed by atoms with van der Waals surface area (Å²) in [6.07, 6.45) is 3.54. The summed E-state index contributed by atoms with van der Waals surface area (Å²) in [5, 5.41) is 2.76. The molecule has 17 heavy (non-hydrogen) atoms. The number of nitrogens with one attached hydrogen (secondary N) is 1. The number of anilines is 1. The average Bonchev–Trinajstić information content (AvgIpc) is 2.68. The summed E-state index contributed by atoms with van der Waals surface area (Å²) in [5.41, 5.74) is 1.63. The minimum atomic E-state index is -0.172. The lowest BCUT2D eigenvalue weighted by Crippen LogP contribution is -2.16. The SMILES string of the molecule is Cc1cnc(NC(=O)c2cccn2C)c(Br)c1. The molecular weight excluding hydrogens is 282 g/mol. The van der Waals surface area contributed by atoms with Crippen molar-refractivity contribution in [3.63, 3.8) is 0 Å². The Balaban J connectivity index is 2.22. The predicted octanol–water partition coefficient (Wildman–Crippen LogP) is 2.74. The highest BCUT2D eigenvalue weighted by atomic mass is 79.9. The predicted molar refractivity (Wildman–Crippen MR) is 70.0 cm³/mol. The van der Waals surface area contributed by atoms with E-state index >= 15 is 0 Å². The number of nitrogens with zero attached hydrogens (tertiary/aromatic N) is 2. The van der Waals surface area contributed by atoms with Crippen LogP contribution in [-0.2, 0) is 7.05 Å². The van der Waals surface area contributed by atoms with E-state index in [0.29, 0.717) is 11.5 Å². The summed E-state index contributed by atoms with van der Waals surface area (Å²) in [4.78, 5) is 16.1. The van der Waals surface area contributed by atoms with Gasteiger partial charge in [-0.25, -0.2) is 4.98 Å². The molecule has 0 radical (unpaired) electrons. The Morgan fingerprint density at radius 2 is 2.29 bits per heavy atom. The summed E-state index contributed by atoms with van der Waals surface area (Å²) in [5.74, 6) is 0.358. The van der Waals surface area contributed by atoms with E-state index in [9.17, 15) is 4.79 Å². The van der Waals surface area contributed by atoms with E-state index in [2.05, 4.69) is 26.2 Å². The van der Waals surface area contributed by atoms with Gasteiger partial charge in [0.1, 0.15) is 11.5 Å². The fourth-order valence-electron chi connectivity index (χ4n) is 1.49. The van der Waals surface area contributed by atoms with Gasteiger partial charge in [0.2, 0.25) is 0 Å². The number of aromatic nitrogens is 2. The second-order valence-electron chi connectivity index (χ2n) is 3.80. The van der Waals surface area contributed by atoms with Crippen LogP contribution in [0.5, 0.6) is 0 Å². The largest absolute Gasteiger partial charge is 0.347 e. The number of aryl methyl sites for hydroxylation is 2. The van der Waals surface area contributed by atoms with Crippen LogP contribution < -0.4 is 5.32 Å². The second-order valence-corrected chi connectivity index (χ2v) is 4.66. The number of hydrogen-bond acceptors (Lipinski definition) is 2. The first-order chi connectivity index (χ1) is 8.08. The van der Waals surface area contributed by atoms with Crippen molar-refractivity contribution in [2.24, 2.45) is 7.05 Å². The maximum absolute atomic E-state index is 11.9. The molecule has 1 amide bonds. The number of rotatable bonds is 2. The minimum Gasteiger partial charge on any atom is -0.347 e. The molecule has 2 aromatic heterocycles. The van der Waals surface area contributed by atoms with Crippen LogP contribution in [0.15, 0.2) is 35.1 Å². The van der Waals surface area contributed by atoms with Crippen LogP contribution in [0.2, 0.25) is 0 Å². The smallest absolute Gasteiger partial charge is 0.273 e. The van der Waals surface area contributed by atoms with E-state index in [1.165, 1.54) is 0 Å². The standard InChI is InChI=1S/C12H12BrN3O/c1-8-6-9(13)11(14-7-8)15-12(17)10-4-3-5-16(10)2/h3-7H,1-2H3,(H,14,15,17). The molecule has 0 atom stereocenters. The van der Waals surface area contributed by atoms with Gasteiger partial charge in [-0.1, -0.05) is 0 Å². The van der Waals surface area contributed by atoms with E-state index in [4.69, 9.17) is 0 Å². The highest BCUT2D eigenvalue weighted by molar-refractivity contribution is 9.10. The third kappa shape index (κ3) is 2.55. The lowest BCUT2D eigenvalue weighted by molar-refractivity contribution is 0.101. The lowest BCUT2D eigenvalue weighted by atomic mass is 10.3. The van der Waals surface area contributed by atoms with Crippen molar-refractivity contribution in [3.05, 3.63) is 46.3 Å². The molecular formula is C12H12BrN3O. The zero-order valence-electron chi connectivity index (χ0n) is 9.57. The number of hydrogen-bond donors (Lipinski definition) is 1. The molecule has 2 aromatic rings. The molecule has 0 fully saturated rings. The van der Waals surface area contributed by atoms with Crippen molar-refractivity contribution in [1.29, 1.82) is 0 Å². The van der Waals surface area contributed by atoms with E-state index in [1.54, 1.807) is 16.8 Å². The van der Waals surface area contributed by atoms with Crippen LogP contribution in [-0.4, -0.2) is 15.5 Å². The zero-order chi connectivity index (χ0) is 12.4. The van der Waals surface area contributed by atoms with Crippen molar-refractivity contribution in [2.75, 3.05) is 5.32 Å². The number of pyridine rings is 1. The first-order valence-corrected chi connectivity index (χ1v) is 5.92. The first-order valence-electron chi connectivity index (χ1n) is 5.13. The molecule has 0 aromatic carbocycles. The van der Waals surface area contributed by atoms with Crippen molar-refractivity contribution >= 4 is 27.7 Å². The molecule has 0 spiro atoms. The molecule has 0 unspecified atom stereocenters.